The van der Waals surface area contributed by atoms with Gasteiger partial charge in [0.25, 0.3) is 5.92 Å². The Morgan fingerprint density at radius 3 is 2.14 bits per heavy atom. The number of piperidine rings is 1. The van der Waals surface area contributed by atoms with Crippen LogP contribution >= 0.6 is 0 Å². The van der Waals surface area contributed by atoms with Gasteiger partial charge >= 0.3 is 0 Å². The summed E-state index contributed by atoms with van der Waals surface area (Å²) < 4.78 is 27.4. The smallest absolute Gasteiger partial charge is 0.263 e. The number of hydrogen-bond acceptors (Lipinski definition) is 1. The molecule has 1 fully saturated rings. The van der Waals surface area contributed by atoms with Crippen molar-refractivity contribution >= 4 is 0 Å². The maximum absolute atomic E-state index is 13.7. The Morgan fingerprint density at radius 1 is 1.21 bits per heavy atom. The normalized spacial score (nSPS) is 28.7. The molecule has 0 N–H and O–H groups in total. The van der Waals surface area contributed by atoms with Gasteiger partial charge in [0.15, 0.2) is 0 Å². The van der Waals surface area contributed by atoms with Crippen LogP contribution < -0.4 is 0 Å². The van der Waals surface area contributed by atoms with Crippen molar-refractivity contribution in [2.24, 2.45) is 11.8 Å². The second kappa shape index (κ2) is 4.13. The van der Waals surface area contributed by atoms with E-state index in [-0.39, 0.29) is 18.5 Å². The summed E-state index contributed by atoms with van der Waals surface area (Å²) in [6.07, 6.45) is 0.628. The van der Waals surface area contributed by atoms with E-state index in [1.807, 2.05) is 32.6 Å². The molecule has 0 bridgehead atoms. The van der Waals surface area contributed by atoms with Gasteiger partial charge in [0.1, 0.15) is 0 Å². The van der Waals surface area contributed by atoms with Crippen LogP contribution in [0.15, 0.2) is 0 Å². The Morgan fingerprint density at radius 2 is 1.79 bits per heavy atom. The molecule has 1 unspecified atom stereocenters. The van der Waals surface area contributed by atoms with Crippen LogP contribution in [0.2, 0.25) is 0 Å². The zero-order chi connectivity index (χ0) is 10.9. The lowest BCUT2D eigenvalue weighted by Gasteiger charge is -2.41. The molecular formula is C11H21F2N. The number of alkyl halides is 2. The zero-order valence-corrected chi connectivity index (χ0v) is 9.56. The molecule has 0 aromatic rings. The van der Waals surface area contributed by atoms with Gasteiger partial charge in [-0.05, 0) is 32.7 Å². The van der Waals surface area contributed by atoms with Crippen LogP contribution in [0.4, 0.5) is 8.78 Å². The topological polar surface area (TPSA) is 3.24 Å². The largest absolute Gasteiger partial charge is 0.295 e. The number of rotatable bonds is 2. The van der Waals surface area contributed by atoms with Crippen LogP contribution in [0.1, 0.15) is 34.1 Å². The minimum atomic E-state index is -2.50. The SMILES string of the molecule is CC(C)C1CCN(C(C)C)CC1(F)F. The van der Waals surface area contributed by atoms with E-state index in [9.17, 15) is 8.78 Å². The van der Waals surface area contributed by atoms with E-state index in [1.165, 1.54) is 0 Å². The molecule has 1 saturated heterocycles. The van der Waals surface area contributed by atoms with Crippen molar-refractivity contribution in [3.63, 3.8) is 0 Å². The molecule has 0 aliphatic carbocycles. The summed E-state index contributed by atoms with van der Waals surface area (Å²) >= 11 is 0. The van der Waals surface area contributed by atoms with Gasteiger partial charge in [0.2, 0.25) is 0 Å². The summed E-state index contributed by atoms with van der Waals surface area (Å²) in [5, 5.41) is 0. The molecule has 14 heavy (non-hydrogen) atoms. The fourth-order valence-corrected chi connectivity index (χ4v) is 2.24. The van der Waals surface area contributed by atoms with Crippen molar-refractivity contribution < 1.29 is 8.78 Å². The highest BCUT2D eigenvalue weighted by molar-refractivity contribution is 4.89. The Balaban J connectivity index is 2.65. The van der Waals surface area contributed by atoms with Gasteiger partial charge < -0.3 is 0 Å². The lowest BCUT2D eigenvalue weighted by atomic mass is 9.83. The Bertz CT molecular complexity index is 190. The van der Waals surface area contributed by atoms with Crippen molar-refractivity contribution in [3.05, 3.63) is 0 Å². The molecule has 0 radical (unpaired) electrons. The summed E-state index contributed by atoms with van der Waals surface area (Å²) in [4.78, 5) is 1.87. The van der Waals surface area contributed by atoms with Crippen molar-refractivity contribution in [1.82, 2.24) is 4.90 Å². The maximum atomic E-state index is 13.7. The van der Waals surface area contributed by atoms with Gasteiger partial charge in [0, 0.05) is 12.0 Å². The molecule has 3 heteroatoms. The van der Waals surface area contributed by atoms with Crippen molar-refractivity contribution in [1.29, 1.82) is 0 Å². The second-order valence-corrected chi connectivity index (χ2v) is 4.96. The Labute approximate surface area is 85.5 Å². The molecule has 0 aromatic carbocycles. The average Bonchev–Trinajstić information content (AvgIpc) is 2.01. The molecule has 1 aliphatic rings. The minimum absolute atomic E-state index is 0.0620. The third-order valence-electron chi connectivity index (χ3n) is 3.22. The number of nitrogens with zero attached hydrogens (tertiary/aromatic N) is 1. The summed E-state index contributed by atoms with van der Waals surface area (Å²) in [7, 11) is 0. The molecular weight excluding hydrogens is 184 g/mol. The predicted octanol–water partition coefficient (Wildman–Crippen LogP) is 3.01. The van der Waals surface area contributed by atoms with Crippen molar-refractivity contribution in [2.75, 3.05) is 13.1 Å². The number of halogens is 2. The van der Waals surface area contributed by atoms with E-state index in [4.69, 9.17) is 0 Å². The first-order valence-electron chi connectivity index (χ1n) is 5.46. The minimum Gasteiger partial charge on any atom is -0.295 e. The second-order valence-electron chi connectivity index (χ2n) is 4.96. The molecule has 1 atom stereocenters. The predicted molar refractivity (Wildman–Crippen MR) is 54.6 cm³/mol. The van der Waals surface area contributed by atoms with E-state index in [2.05, 4.69) is 0 Å². The summed E-state index contributed by atoms with van der Waals surface area (Å²) in [6.45, 7) is 8.49. The molecule has 1 heterocycles. The standard InChI is InChI=1S/C11H21F2N/c1-8(2)10-5-6-14(9(3)4)7-11(10,12)13/h8-10H,5-7H2,1-4H3. The third-order valence-corrected chi connectivity index (χ3v) is 3.22. The van der Waals surface area contributed by atoms with Crippen molar-refractivity contribution in [2.45, 2.75) is 46.1 Å². The average molecular weight is 205 g/mol. The van der Waals surface area contributed by atoms with E-state index in [1.54, 1.807) is 0 Å². The van der Waals surface area contributed by atoms with Gasteiger partial charge in [-0.25, -0.2) is 8.78 Å². The van der Waals surface area contributed by atoms with Crippen LogP contribution in [-0.4, -0.2) is 30.0 Å². The molecule has 1 aliphatic heterocycles. The van der Waals surface area contributed by atoms with Crippen LogP contribution in [-0.2, 0) is 0 Å². The molecule has 0 saturated carbocycles. The third kappa shape index (κ3) is 2.44. The van der Waals surface area contributed by atoms with Crippen LogP contribution in [0.3, 0.4) is 0 Å². The van der Waals surface area contributed by atoms with Gasteiger partial charge in [0.05, 0.1) is 6.54 Å². The Hall–Kier alpha value is -0.180. The van der Waals surface area contributed by atoms with Gasteiger partial charge in [-0.1, -0.05) is 13.8 Å². The van der Waals surface area contributed by atoms with Crippen LogP contribution in [0.5, 0.6) is 0 Å². The first kappa shape index (κ1) is 11.9. The van der Waals surface area contributed by atoms with Crippen molar-refractivity contribution in [3.8, 4) is 0 Å². The molecule has 0 aromatic heterocycles. The molecule has 84 valence electrons. The number of hydrogen-bond donors (Lipinski definition) is 0. The van der Waals surface area contributed by atoms with Crippen LogP contribution in [0.25, 0.3) is 0 Å². The number of likely N-dealkylation sites (tertiary alicyclic amines) is 1. The first-order chi connectivity index (χ1) is 6.34. The highest BCUT2D eigenvalue weighted by Gasteiger charge is 2.45. The Kier molecular flexibility index (Phi) is 3.51. The molecule has 1 rings (SSSR count). The quantitative estimate of drug-likeness (QED) is 0.670. The van der Waals surface area contributed by atoms with E-state index in [0.29, 0.717) is 6.42 Å². The summed E-state index contributed by atoms with van der Waals surface area (Å²) in [5.41, 5.74) is 0. The highest BCUT2D eigenvalue weighted by atomic mass is 19.3. The molecule has 1 nitrogen and oxygen atoms in total. The summed E-state index contributed by atoms with van der Waals surface area (Å²) in [6, 6.07) is 0.231. The fourth-order valence-electron chi connectivity index (χ4n) is 2.24. The van der Waals surface area contributed by atoms with Gasteiger partial charge in [-0.3, -0.25) is 4.90 Å². The monoisotopic (exact) mass is 205 g/mol. The zero-order valence-electron chi connectivity index (χ0n) is 9.56. The van der Waals surface area contributed by atoms with Crippen LogP contribution in [0, 0.1) is 11.8 Å². The lowest BCUT2D eigenvalue weighted by molar-refractivity contribution is -0.130. The van der Waals surface area contributed by atoms with E-state index >= 15 is 0 Å². The molecule has 0 spiro atoms. The van der Waals surface area contributed by atoms with E-state index < -0.39 is 11.8 Å². The molecule has 0 amide bonds. The van der Waals surface area contributed by atoms with E-state index in [0.717, 1.165) is 6.54 Å². The lowest BCUT2D eigenvalue weighted by Crippen LogP contribution is -2.52. The fraction of sp³-hybridized carbons (Fsp3) is 1.00. The summed E-state index contributed by atoms with van der Waals surface area (Å²) in [5.74, 6) is -2.85. The highest BCUT2D eigenvalue weighted by Crippen LogP contribution is 2.37. The first-order valence-corrected chi connectivity index (χ1v) is 5.46. The maximum Gasteiger partial charge on any atom is 0.263 e. The van der Waals surface area contributed by atoms with Gasteiger partial charge in [-0.15, -0.1) is 0 Å². The van der Waals surface area contributed by atoms with Gasteiger partial charge in [-0.2, -0.15) is 0 Å².